The van der Waals surface area contributed by atoms with E-state index in [0.717, 1.165) is 32.5 Å². The summed E-state index contributed by atoms with van der Waals surface area (Å²) >= 11 is 0. The Bertz CT molecular complexity index is 390. The molecular formula is C15H24N2O. The van der Waals surface area contributed by atoms with Crippen LogP contribution in [0.15, 0.2) is 18.2 Å². The van der Waals surface area contributed by atoms with Gasteiger partial charge in [0, 0.05) is 38.5 Å². The van der Waals surface area contributed by atoms with Crippen molar-refractivity contribution in [3.63, 3.8) is 0 Å². The van der Waals surface area contributed by atoms with E-state index in [1.165, 1.54) is 23.2 Å². The molecule has 0 fully saturated rings. The number of benzene rings is 1. The topological polar surface area (TPSA) is 38.5 Å². The molecule has 1 aromatic rings. The fourth-order valence-corrected chi connectivity index (χ4v) is 2.55. The van der Waals surface area contributed by atoms with Crippen LogP contribution in [0.1, 0.15) is 36.9 Å². The number of nitrogens with zero attached hydrogens (tertiary/aromatic N) is 1. The number of anilines is 1. The van der Waals surface area contributed by atoms with Crippen molar-refractivity contribution < 1.29 is 4.74 Å². The zero-order valence-electron chi connectivity index (χ0n) is 11.5. The molecule has 0 radical (unpaired) electrons. The second-order valence-electron chi connectivity index (χ2n) is 5.11. The highest BCUT2D eigenvalue weighted by Gasteiger charge is 2.19. The van der Waals surface area contributed by atoms with Crippen molar-refractivity contribution in [3.8, 4) is 0 Å². The Morgan fingerprint density at radius 1 is 1.39 bits per heavy atom. The van der Waals surface area contributed by atoms with Gasteiger partial charge in [-0.25, -0.2) is 0 Å². The lowest BCUT2D eigenvalue weighted by Gasteiger charge is -2.19. The van der Waals surface area contributed by atoms with Crippen LogP contribution >= 0.6 is 0 Å². The van der Waals surface area contributed by atoms with Crippen molar-refractivity contribution in [2.24, 2.45) is 5.73 Å². The molecule has 1 aliphatic heterocycles. The van der Waals surface area contributed by atoms with Crippen LogP contribution in [0.25, 0.3) is 0 Å². The van der Waals surface area contributed by atoms with Gasteiger partial charge in [0.05, 0.1) is 0 Å². The van der Waals surface area contributed by atoms with Crippen LogP contribution in [0.3, 0.4) is 0 Å². The number of fused-ring (bicyclic) bond motifs is 1. The Morgan fingerprint density at radius 2 is 2.22 bits per heavy atom. The first-order valence-electron chi connectivity index (χ1n) is 6.84. The second kappa shape index (κ2) is 6.21. The van der Waals surface area contributed by atoms with E-state index in [0.29, 0.717) is 0 Å². The minimum atomic E-state index is 0.131. The Labute approximate surface area is 110 Å². The summed E-state index contributed by atoms with van der Waals surface area (Å²) in [5.41, 5.74) is 10.0. The summed E-state index contributed by atoms with van der Waals surface area (Å²) in [5, 5.41) is 0. The van der Waals surface area contributed by atoms with Gasteiger partial charge in [-0.2, -0.15) is 0 Å². The lowest BCUT2D eigenvalue weighted by Crippen LogP contribution is -2.21. The third kappa shape index (κ3) is 3.03. The van der Waals surface area contributed by atoms with Crippen molar-refractivity contribution >= 4 is 5.69 Å². The van der Waals surface area contributed by atoms with Crippen molar-refractivity contribution in [2.45, 2.75) is 32.2 Å². The average molecular weight is 248 g/mol. The molecule has 0 saturated carbocycles. The molecule has 1 atom stereocenters. The van der Waals surface area contributed by atoms with E-state index >= 15 is 0 Å². The summed E-state index contributed by atoms with van der Waals surface area (Å²) < 4.78 is 5.09. The molecule has 3 heteroatoms. The number of ether oxygens (including phenoxy) is 1. The predicted octanol–water partition coefficient (Wildman–Crippen LogP) is 2.50. The van der Waals surface area contributed by atoms with E-state index in [2.05, 4.69) is 23.1 Å². The molecule has 100 valence electrons. The largest absolute Gasteiger partial charge is 0.385 e. The lowest BCUT2D eigenvalue weighted by molar-refractivity contribution is 0.193. The Morgan fingerprint density at radius 3 is 2.94 bits per heavy atom. The zero-order valence-corrected chi connectivity index (χ0v) is 11.5. The smallest absolute Gasteiger partial charge is 0.0462 e. The highest BCUT2D eigenvalue weighted by atomic mass is 16.5. The van der Waals surface area contributed by atoms with Gasteiger partial charge in [0.25, 0.3) is 0 Å². The monoisotopic (exact) mass is 248 g/mol. The minimum Gasteiger partial charge on any atom is -0.385 e. The third-order valence-corrected chi connectivity index (χ3v) is 3.65. The molecule has 1 aromatic carbocycles. The molecule has 1 unspecified atom stereocenters. The minimum absolute atomic E-state index is 0.131. The van der Waals surface area contributed by atoms with Crippen molar-refractivity contribution in [1.82, 2.24) is 0 Å². The Balaban J connectivity index is 1.96. The number of hydrogen-bond acceptors (Lipinski definition) is 3. The van der Waals surface area contributed by atoms with Crippen LogP contribution in [0.4, 0.5) is 5.69 Å². The van der Waals surface area contributed by atoms with Crippen LogP contribution in [-0.4, -0.2) is 26.8 Å². The molecular weight excluding hydrogens is 224 g/mol. The molecule has 2 rings (SSSR count). The maximum atomic E-state index is 5.93. The molecule has 1 aliphatic rings. The Kier molecular flexibility index (Phi) is 4.61. The van der Waals surface area contributed by atoms with Gasteiger partial charge in [0.1, 0.15) is 0 Å². The molecule has 0 saturated heterocycles. The number of nitrogens with two attached hydrogens (primary N) is 1. The van der Waals surface area contributed by atoms with Gasteiger partial charge < -0.3 is 15.4 Å². The summed E-state index contributed by atoms with van der Waals surface area (Å²) in [6.45, 7) is 5.18. The van der Waals surface area contributed by atoms with E-state index in [1.54, 1.807) is 7.11 Å². The molecule has 1 heterocycles. The highest BCUT2D eigenvalue weighted by molar-refractivity contribution is 5.59. The van der Waals surface area contributed by atoms with Gasteiger partial charge in [-0.3, -0.25) is 0 Å². The second-order valence-corrected chi connectivity index (χ2v) is 5.11. The van der Waals surface area contributed by atoms with E-state index in [9.17, 15) is 0 Å². The fraction of sp³-hybridized carbons (Fsp3) is 0.600. The van der Waals surface area contributed by atoms with Crippen LogP contribution in [0, 0.1) is 0 Å². The highest BCUT2D eigenvalue weighted by Crippen LogP contribution is 2.30. The van der Waals surface area contributed by atoms with E-state index in [1.807, 2.05) is 6.92 Å². The van der Waals surface area contributed by atoms with Gasteiger partial charge >= 0.3 is 0 Å². The standard InChI is InChI=1S/C15H24N2O/c1-12(16)13-5-6-15-14(11-13)7-9-17(15)8-3-4-10-18-2/h5-6,11-12H,3-4,7-10,16H2,1-2H3. The van der Waals surface area contributed by atoms with Crippen molar-refractivity contribution in [2.75, 3.05) is 31.7 Å². The van der Waals surface area contributed by atoms with Crippen LogP contribution in [0.2, 0.25) is 0 Å². The molecule has 0 bridgehead atoms. The summed E-state index contributed by atoms with van der Waals surface area (Å²) in [4.78, 5) is 2.48. The first-order chi connectivity index (χ1) is 8.72. The number of unbranched alkanes of at least 4 members (excludes halogenated alkanes) is 1. The first kappa shape index (κ1) is 13.4. The summed E-state index contributed by atoms with van der Waals surface area (Å²) in [7, 11) is 1.76. The summed E-state index contributed by atoms with van der Waals surface area (Å²) in [6, 6.07) is 6.80. The molecule has 0 amide bonds. The van der Waals surface area contributed by atoms with Crippen molar-refractivity contribution in [1.29, 1.82) is 0 Å². The molecule has 0 spiro atoms. The quantitative estimate of drug-likeness (QED) is 0.786. The van der Waals surface area contributed by atoms with E-state index < -0.39 is 0 Å². The maximum absolute atomic E-state index is 5.93. The maximum Gasteiger partial charge on any atom is 0.0462 e. The average Bonchev–Trinajstić information content (AvgIpc) is 2.77. The Hall–Kier alpha value is -1.06. The number of rotatable bonds is 6. The molecule has 0 aromatic heterocycles. The molecule has 3 nitrogen and oxygen atoms in total. The van der Waals surface area contributed by atoms with Crippen LogP contribution in [0.5, 0.6) is 0 Å². The molecule has 2 N–H and O–H groups in total. The predicted molar refractivity (Wildman–Crippen MR) is 76.1 cm³/mol. The fourth-order valence-electron chi connectivity index (χ4n) is 2.55. The van der Waals surface area contributed by atoms with E-state index in [-0.39, 0.29) is 6.04 Å². The SMILES string of the molecule is COCCCCN1CCc2cc(C(C)N)ccc21. The number of methoxy groups -OCH3 is 1. The first-order valence-corrected chi connectivity index (χ1v) is 6.84. The van der Waals surface area contributed by atoms with Gasteiger partial charge in [0.15, 0.2) is 0 Å². The van der Waals surface area contributed by atoms with E-state index in [4.69, 9.17) is 10.5 Å². The van der Waals surface area contributed by atoms with Crippen LogP contribution < -0.4 is 10.6 Å². The summed E-state index contributed by atoms with van der Waals surface area (Å²) in [6.07, 6.45) is 3.49. The summed E-state index contributed by atoms with van der Waals surface area (Å²) in [5.74, 6) is 0. The van der Waals surface area contributed by atoms with Gasteiger partial charge in [-0.05, 0) is 43.4 Å². The molecule has 18 heavy (non-hydrogen) atoms. The zero-order chi connectivity index (χ0) is 13.0. The van der Waals surface area contributed by atoms with Gasteiger partial charge in [0.2, 0.25) is 0 Å². The lowest BCUT2D eigenvalue weighted by atomic mass is 10.0. The van der Waals surface area contributed by atoms with Gasteiger partial charge in [-0.1, -0.05) is 12.1 Å². The normalized spacial score (nSPS) is 15.8. The number of hydrogen-bond donors (Lipinski definition) is 1. The molecule has 0 aliphatic carbocycles. The van der Waals surface area contributed by atoms with Crippen LogP contribution in [-0.2, 0) is 11.2 Å². The van der Waals surface area contributed by atoms with Crippen molar-refractivity contribution in [3.05, 3.63) is 29.3 Å². The van der Waals surface area contributed by atoms with Gasteiger partial charge in [-0.15, -0.1) is 0 Å². The third-order valence-electron chi connectivity index (χ3n) is 3.65.